The SMILES string of the molecule is Cc1cc(N2C[C@H](S(=O)(=O)c3ccc(-n4cccn4)cc3C(F)(F)F)C[C@H]2C(=O)CNC2(C#N)CC2)n(C2CCC2)n1. The molecule has 10 nitrogen and oxygen atoms in total. The van der Waals surface area contributed by atoms with Gasteiger partial charge in [0, 0.05) is 25.0 Å². The fraction of sp³-hybridized carbons (Fsp3) is 0.500. The standard InChI is InChI=1S/C28H30F3N7O3S/c1-18-12-26(38(35-18)19-4-2-5-19)36-16-21(14-23(36)24(39)15-33-27(17-32)8-9-27)42(40,41)25-7-6-20(37-11-3-10-34-37)13-22(25)28(29,30)31/h3,6-7,10-13,19,21,23,33H,2,4-5,8-9,14-16H2,1H3/t21-,23+/m1/s1. The first kappa shape index (κ1) is 28.4. The van der Waals surface area contributed by atoms with E-state index in [1.54, 1.807) is 17.0 Å². The molecular weight excluding hydrogens is 571 g/mol. The number of nitriles is 1. The molecule has 1 N–H and O–H groups in total. The van der Waals surface area contributed by atoms with Gasteiger partial charge in [-0.25, -0.2) is 17.8 Å². The number of rotatable bonds is 9. The Morgan fingerprint density at radius 3 is 2.60 bits per heavy atom. The summed E-state index contributed by atoms with van der Waals surface area (Å²) in [6.07, 6.45) is 1.79. The highest BCUT2D eigenvalue weighted by atomic mass is 32.2. The molecule has 0 amide bonds. The summed E-state index contributed by atoms with van der Waals surface area (Å²) in [7, 11) is -4.54. The summed E-state index contributed by atoms with van der Waals surface area (Å²) in [6.45, 7) is 1.49. The van der Waals surface area contributed by atoms with Gasteiger partial charge in [0.05, 0.1) is 51.8 Å². The maximum atomic E-state index is 14.3. The van der Waals surface area contributed by atoms with Crippen LogP contribution >= 0.6 is 0 Å². The van der Waals surface area contributed by atoms with Gasteiger partial charge < -0.3 is 4.90 Å². The number of benzene rings is 1. The quantitative estimate of drug-likeness (QED) is 0.393. The third-order valence-corrected chi connectivity index (χ3v) is 10.7. The highest BCUT2D eigenvalue weighted by Gasteiger charge is 2.49. The third-order valence-electron chi connectivity index (χ3n) is 8.54. The molecular formula is C28H30F3N7O3S. The van der Waals surface area contributed by atoms with Crippen molar-refractivity contribution >= 4 is 21.4 Å². The Morgan fingerprint density at radius 2 is 2.00 bits per heavy atom. The number of ketones is 1. The lowest BCUT2D eigenvalue weighted by molar-refractivity contribution is -0.139. The predicted molar refractivity (Wildman–Crippen MR) is 146 cm³/mol. The number of hydrogen-bond acceptors (Lipinski definition) is 8. The van der Waals surface area contributed by atoms with Gasteiger partial charge in [0.25, 0.3) is 0 Å². The van der Waals surface area contributed by atoms with Gasteiger partial charge in [-0.2, -0.15) is 28.6 Å². The van der Waals surface area contributed by atoms with Gasteiger partial charge in [0.1, 0.15) is 11.4 Å². The molecule has 0 spiro atoms. The largest absolute Gasteiger partial charge is 0.417 e. The van der Waals surface area contributed by atoms with Gasteiger partial charge in [-0.15, -0.1) is 0 Å². The van der Waals surface area contributed by atoms with Crippen molar-refractivity contribution in [3.63, 3.8) is 0 Å². The first-order chi connectivity index (χ1) is 19.9. The smallest absolute Gasteiger partial charge is 0.345 e. The average Bonchev–Trinajstić information content (AvgIpc) is 3.27. The normalized spacial score (nSPS) is 22.1. The molecule has 0 radical (unpaired) electrons. The highest BCUT2D eigenvalue weighted by molar-refractivity contribution is 7.92. The molecule has 2 aliphatic carbocycles. The number of carbonyl (C=O) groups is 1. The van der Waals surface area contributed by atoms with Crippen LogP contribution in [0.3, 0.4) is 0 Å². The summed E-state index contributed by atoms with van der Waals surface area (Å²) in [5, 5.41) is 19.7. The minimum Gasteiger partial charge on any atom is -0.345 e. The minimum absolute atomic E-state index is 0.0739. The third kappa shape index (κ3) is 5.09. The number of Topliss-reactive ketones (excluding diaryl/α,β-unsaturated/α-hetero) is 1. The number of alkyl halides is 3. The Labute approximate surface area is 241 Å². The van der Waals surface area contributed by atoms with Crippen LogP contribution in [0.2, 0.25) is 0 Å². The fourth-order valence-corrected chi connectivity index (χ4v) is 7.65. The molecule has 3 heterocycles. The number of halogens is 3. The van der Waals surface area contributed by atoms with E-state index in [1.807, 2.05) is 11.6 Å². The molecule has 2 aromatic heterocycles. The van der Waals surface area contributed by atoms with Crippen molar-refractivity contribution in [2.75, 3.05) is 18.0 Å². The van der Waals surface area contributed by atoms with Gasteiger partial charge in [-0.05, 0) is 69.7 Å². The number of nitrogens with zero attached hydrogens (tertiary/aromatic N) is 6. The molecule has 3 fully saturated rings. The zero-order valence-electron chi connectivity index (χ0n) is 22.9. The van der Waals surface area contributed by atoms with Gasteiger partial charge >= 0.3 is 6.18 Å². The van der Waals surface area contributed by atoms with Crippen LogP contribution in [-0.4, -0.2) is 63.7 Å². The zero-order valence-corrected chi connectivity index (χ0v) is 23.7. The average molecular weight is 602 g/mol. The van der Waals surface area contributed by atoms with E-state index in [0.717, 1.165) is 31.4 Å². The van der Waals surface area contributed by atoms with Gasteiger partial charge in [0.15, 0.2) is 15.6 Å². The second-order valence-corrected chi connectivity index (χ2v) is 13.6. The molecule has 1 saturated heterocycles. The van der Waals surface area contributed by atoms with Crippen LogP contribution in [0.4, 0.5) is 19.0 Å². The Morgan fingerprint density at radius 1 is 1.24 bits per heavy atom. The number of nitrogens with one attached hydrogen (secondary N) is 1. The number of sulfone groups is 1. The number of aryl methyl sites for hydroxylation is 1. The van der Waals surface area contributed by atoms with Crippen molar-refractivity contribution < 1.29 is 26.4 Å². The number of aromatic nitrogens is 4. The molecule has 3 aliphatic rings. The van der Waals surface area contributed by atoms with Crippen LogP contribution < -0.4 is 10.2 Å². The summed E-state index contributed by atoms with van der Waals surface area (Å²) in [5.41, 5.74) is -1.27. The second-order valence-electron chi connectivity index (χ2n) is 11.4. The van der Waals surface area contributed by atoms with E-state index in [-0.39, 0.29) is 37.0 Å². The van der Waals surface area contributed by atoms with Crippen LogP contribution in [0.5, 0.6) is 0 Å². The van der Waals surface area contributed by atoms with Gasteiger partial charge in [0.2, 0.25) is 0 Å². The van der Waals surface area contributed by atoms with E-state index in [0.29, 0.717) is 24.4 Å². The molecule has 0 unspecified atom stereocenters. The lowest BCUT2D eigenvalue weighted by Crippen LogP contribution is -2.44. The summed E-state index contributed by atoms with van der Waals surface area (Å²) < 4.78 is 73.8. The molecule has 3 aromatic rings. The maximum absolute atomic E-state index is 14.3. The van der Waals surface area contributed by atoms with Crippen molar-refractivity contribution in [3.05, 3.63) is 54.0 Å². The molecule has 6 rings (SSSR count). The molecule has 0 bridgehead atoms. The Balaban J connectivity index is 1.36. The van der Waals surface area contributed by atoms with Crippen LogP contribution in [0.25, 0.3) is 5.69 Å². The Hall–Kier alpha value is -3.70. The van der Waals surface area contributed by atoms with E-state index >= 15 is 0 Å². The van der Waals surface area contributed by atoms with Crippen molar-refractivity contribution in [3.8, 4) is 11.8 Å². The molecule has 222 valence electrons. The monoisotopic (exact) mass is 601 g/mol. The molecule has 2 saturated carbocycles. The van der Waals surface area contributed by atoms with Crippen LogP contribution in [0.15, 0.2) is 47.6 Å². The Bertz CT molecular complexity index is 1650. The van der Waals surface area contributed by atoms with Gasteiger partial charge in [-0.3, -0.25) is 10.1 Å². The van der Waals surface area contributed by atoms with Crippen LogP contribution in [0, 0.1) is 18.3 Å². The molecule has 2 atom stereocenters. The van der Waals surface area contributed by atoms with Crippen molar-refractivity contribution in [2.45, 2.75) is 79.4 Å². The number of hydrogen-bond donors (Lipinski definition) is 1. The van der Waals surface area contributed by atoms with E-state index in [2.05, 4.69) is 21.6 Å². The number of anilines is 1. The van der Waals surface area contributed by atoms with E-state index in [4.69, 9.17) is 0 Å². The van der Waals surface area contributed by atoms with Crippen molar-refractivity contribution in [1.82, 2.24) is 24.9 Å². The first-order valence-corrected chi connectivity index (χ1v) is 15.4. The Kier molecular flexibility index (Phi) is 6.93. The van der Waals surface area contributed by atoms with Crippen LogP contribution in [-0.2, 0) is 20.8 Å². The molecule has 1 aliphatic heterocycles. The minimum atomic E-state index is -4.95. The first-order valence-electron chi connectivity index (χ1n) is 13.9. The second kappa shape index (κ2) is 10.2. The fourth-order valence-electron chi connectivity index (χ4n) is 5.76. The predicted octanol–water partition coefficient (Wildman–Crippen LogP) is 3.76. The lowest BCUT2D eigenvalue weighted by atomic mass is 9.93. The lowest BCUT2D eigenvalue weighted by Gasteiger charge is -2.32. The van der Waals surface area contributed by atoms with E-state index in [1.165, 1.54) is 23.1 Å². The number of carbonyl (C=O) groups excluding carboxylic acids is 1. The molecule has 1 aromatic carbocycles. The van der Waals surface area contributed by atoms with Crippen molar-refractivity contribution in [2.24, 2.45) is 0 Å². The molecule has 14 heteroatoms. The molecule has 42 heavy (non-hydrogen) atoms. The maximum Gasteiger partial charge on any atom is 0.417 e. The van der Waals surface area contributed by atoms with E-state index in [9.17, 15) is 31.6 Å². The van der Waals surface area contributed by atoms with E-state index < -0.39 is 43.3 Å². The summed E-state index contributed by atoms with van der Waals surface area (Å²) in [6, 6.07) is 7.76. The summed E-state index contributed by atoms with van der Waals surface area (Å²) >= 11 is 0. The topological polar surface area (TPSA) is 126 Å². The van der Waals surface area contributed by atoms with Crippen LogP contribution in [0.1, 0.15) is 55.8 Å². The highest BCUT2D eigenvalue weighted by Crippen LogP contribution is 2.42. The van der Waals surface area contributed by atoms with Crippen molar-refractivity contribution in [1.29, 1.82) is 5.26 Å². The summed E-state index contributed by atoms with van der Waals surface area (Å²) in [5.74, 6) is 0.262. The zero-order chi connectivity index (χ0) is 29.9. The van der Waals surface area contributed by atoms with Gasteiger partial charge in [-0.1, -0.05) is 0 Å². The summed E-state index contributed by atoms with van der Waals surface area (Å²) in [4.78, 5) is 14.4.